The summed E-state index contributed by atoms with van der Waals surface area (Å²) in [6.07, 6.45) is 0. The van der Waals surface area contributed by atoms with Gasteiger partial charge in [-0.25, -0.2) is 4.39 Å². The maximum atomic E-state index is 13.2. The van der Waals surface area contributed by atoms with Crippen LogP contribution in [-0.4, -0.2) is 0 Å². The maximum absolute atomic E-state index is 13.2. The molecule has 2 aromatic rings. The molecule has 4 heteroatoms. The van der Waals surface area contributed by atoms with E-state index in [1.807, 2.05) is 0 Å². The molecule has 0 aliphatic heterocycles. The fourth-order valence-corrected chi connectivity index (χ4v) is 2.04. The predicted molar refractivity (Wildman–Crippen MR) is 66.6 cm³/mol. The molecule has 2 rings (SSSR count). The van der Waals surface area contributed by atoms with Crippen LogP contribution in [0.25, 0.3) is 11.1 Å². The molecule has 84 valence electrons. The number of hydrogen-bond acceptors (Lipinski definition) is 1. The molecule has 0 aromatic heterocycles. The Kier molecular flexibility index (Phi) is 3.33. The van der Waals surface area contributed by atoms with E-state index in [9.17, 15) is 4.39 Å². The molecule has 0 unspecified atom stereocenters. The Hall–Kier alpha value is -1.56. The van der Waals surface area contributed by atoms with Gasteiger partial charge in [0, 0.05) is 10.0 Å². The van der Waals surface area contributed by atoms with Crippen LogP contribution in [-0.2, 0) is 0 Å². The van der Waals surface area contributed by atoms with Crippen molar-refractivity contribution in [2.45, 2.75) is 0 Å². The summed E-state index contributed by atoms with van der Waals surface area (Å²) in [6, 6.07) is 11.1. The number of rotatable bonds is 1. The molecule has 2 aromatic carbocycles. The van der Waals surface area contributed by atoms with Gasteiger partial charge in [0.1, 0.15) is 11.9 Å². The van der Waals surface area contributed by atoms with E-state index in [1.165, 1.54) is 12.1 Å². The van der Waals surface area contributed by atoms with Crippen LogP contribution < -0.4 is 0 Å². The van der Waals surface area contributed by atoms with Crippen LogP contribution in [0.1, 0.15) is 5.56 Å². The minimum atomic E-state index is -0.538. The van der Waals surface area contributed by atoms with Crippen LogP contribution in [0, 0.1) is 17.1 Å². The fourth-order valence-electron chi connectivity index (χ4n) is 1.51. The van der Waals surface area contributed by atoms with Gasteiger partial charge in [0.25, 0.3) is 0 Å². The van der Waals surface area contributed by atoms with E-state index in [-0.39, 0.29) is 5.56 Å². The van der Waals surface area contributed by atoms with Crippen molar-refractivity contribution >= 4 is 23.2 Å². The Morgan fingerprint density at radius 2 is 1.59 bits per heavy atom. The Morgan fingerprint density at radius 1 is 0.941 bits per heavy atom. The van der Waals surface area contributed by atoms with Crippen molar-refractivity contribution in [3.05, 3.63) is 57.8 Å². The number of nitriles is 1. The third kappa shape index (κ3) is 2.58. The number of benzene rings is 2. The van der Waals surface area contributed by atoms with E-state index < -0.39 is 5.82 Å². The predicted octanol–water partition coefficient (Wildman–Crippen LogP) is 4.67. The van der Waals surface area contributed by atoms with Gasteiger partial charge in [0.2, 0.25) is 0 Å². The quantitative estimate of drug-likeness (QED) is 0.735. The Labute approximate surface area is 108 Å². The first-order valence-electron chi connectivity index (χ1n) is 4.76. The largest absolute Gasteiger partial charge is 0.206 e. The molecule has 0 aliphatic rings. The number of hydrogen-bond donors (Lipinski definition) is 0. The first-order chi connectivity index (χ1) is 8.10. The molecular formula is C13H6Cl2FN. The van der Waals surface area contributed by atoms with Crippen molar-refractivity contribution in [3.63, 3.8) is 0 Å². The normalized spacial score (nSPS) is 10.0. The Morgan fingerprint density at radius 3 is 2.18 bits per heavy atom. The summed E-state index contributed by atoms with van der Waals surface area (Å²) < 4.78 is 13.2. The summed E-state index contributed by atoms with van der Waals surface area (Å²) in [7, 11) is 0. The van der Waals surface area contributed by atoms with E-state index in [2.05, 4.69) is 0 Å². The minimum Gasteiger partial charge on any atom is -0.206 e. The van der Waals surface area contributed by atoms with E-state index in [4.69, 9.17) is 28.5 Å². The fraction of sp³-hybridized carbons (Fsp3) is 0. The average molecular weight is 266 g/mol. The highest BCUT2D eigenvalue weighted by Crippen LogP contribution is 2.28. The zero-order valence-corrected chi connectivity index (χ0v) is 10.1. The van der Waals surface area contributed by atoms with Gasteiger partial charge in [0.05, 0.1) is 5.56 Å². The third-order valence-corrected chi connectivity index (χ3v) is 2.72. The number of nitrogens with zero attached hydrogens (tertiary/aromatic N) is 1. The van der Waals surface area contributed by atoms with Crippen molar-refractivity contribution in [1.29, 1.82) is 5.26 Å². The molecule has 0 bridgehead atoms. The van der Waals surface area contributed by atoms with Gasteiger partial charge in [0.15, 0.2) is 0 Å². The highest BCUT2D eigenvalue weighted by Gasteiger charge is 2.06. The summed E-state index contributed by atoms with van der Waals surface area (Å²) in [5, 5.41) is 9.75. The number of halogens is 3. The summed E-state index contributed by atoms with van der Waals surface area (Å²) in [5.41, 5.74) is 1.45. The van der Waals surface area contributed by atoms with E-state index in [0.717, 1.165) is 5.56 Å². The van der Waals surface area contributed by atoms with Crippen LogP contribution in [0.4, 0.5) is 4.39 Å². The molecule has 0 amide bonds. The lowest BCUT2D eigenvalue weighted by Gasteiger charge is -2.04. The lowest BCUT2D eigenvalue weighted by molar-refractivity contribution is 0.624. The second kappa shape index (κ2) is 4.75. The van der Waals surface area contributed by atoms with E-state index in [1.54, 1.807) is 30.3 Å². The van der Waals surface area contributed by atoms with Gasteiger partial charge >= 0.3 is 0 Å². The van der Waals surface area contributed by atoms with Crippen molar-refractivity contribution in [2.75, 3.05) is 0 Å². The van der Waals surface area contributed by atoms with Crippen LogP contribution in [0.15, 0.2) is 36.4 Å². The molecule has 0 radical (unpaired) electrons. The van der Waals surface area contributed by atoms with Crippen molar-refractivity contribution in [1.82, 2.24) is 0 Å². The highest BCUT2D eigenvalue weighted by molar-refractivity contribution is 6.35. The summed E-state index contributed by atoms with van der Waals surface area (Å²) in [6.45, 7) is 0. The average Bonchev–Trinajstić information content (AvgIpc) is 2.28. The minimum absolute atomic E-state index is 0.00130. The zero-order chi connectivity index (χ0) is 12.4. The van der Waals surface area contributed by atoms with Crippen LogP contribution >= 0.6 is 23.2 Å². The van der Waals surface area contributed by atoms with Gasteiger partial charge in [-0.05, 0) is 41.5 Å². The first kappa shape index (κ1) is 11.9. The molecule has 1 nitrogen and oxygen atoms in total. The smallest absolute Gasteiger partial charge is 0.140 e. The van der Waals surface area contributed by atoms with Crippen molar-refractivity contribution < 1.29 is 4.39 Å². The summed E-state index contributed by atoms with van der Waals surface area (Å²) in [4.78, 5) is 0. The van der Waals surface area contributed by atoms with Gasteiger partial charge < -0.3 is 0 Å². The second-order valence-electron chi connectivity index (χ2n) is 3.46. The highest BCUT2D eigenvalue weighted by atomic mass is 35.5. The topological polar surface area (TPSA) is 23.8 Å². The monoisotopic (exact) mass is 265 g/mol. The maximum Gasteiger partial charge on any atom is 0.140 e. The molecule has 0 heterocycles. The molecule has 17 heavy (non-hydrogen) atoms. The van der Waals surface area contributed by atoms with E-state index >= 15 is 0 Å². The van der Waals surface area contributed by atoms with Crippen LogP contribution in [0.2, 0.25) is 10.0 Å². The lowest BCUT2D eigenvalue weighted by atomic mass is 10.0. The lowest BCUT2D eigenvalue weighted by Crippen LogP contribution is -1.85. The Bertz CT molecular complexity index is 597. The molecule has 0 N–H and O–H groups in total. The Balaban J connectivity index is 2.57. The van der Waals surface area contributed by atoms with E-state index in [0.29, 0.717) is 15.6 Å². The molecule has 0 saturated carbocycles. The second-order valence-corrected chi connectivity index (χ2v) is 4.34. The SMILES string of the molecule is N#Cc1cc(-c2cc(Cl)cc(Cl)c2)ccc1F. The molecule has 0 fully saturated rings. The van der Waals surface area contributed by atoms with Gasteiger partial charge in [-0.2, -0.15) is 5.26 Å². The summed E-state index contributed by atoms with van der Waals surface area (Å²) >= 11 is 11.8. The van der Waals surface area contributed by atoms with Crippen molar-refractivity contribution in [2.24, 2.45) is 0 Å². The van der Waals surface area contributed by atoms with Gasteiger partial charge in [-0.3, -0.25) is 0 Å². The van der Waals surface area contributed by atoms with Gasteiger partial charge in [-0.1, -0.05) is 29.3 Å². The van der Waals surface area contributed by atoms with Crippen LogP contribution in [0.3, 0.4) is 0 Å². The van der Waals surface area contributed by atoms with Gasteiger partial charge in [-0.15, -0.1) is 0 Å². The zero-order valence-electron chi connectivity index (χ0n) is 8.55. The van der Waals surface area contributed by atoms with Crippen LogP contribution in [0.5, 0.6) is 0 Å². The first-order valence-corrected chi connectivity index (χ1v) is 5.52. The molecule has 0 spiro atoms. The molecule has 0 atom stereocenters. The summed E-state index contributed by atoms with van der Waals surface area (Å²) in [5.74, 6) is -0.538. The molecular weight excluding hydrogens is 260 g/mol. The molecule has 0 saturated heterocycles. The molecule has 0 aliphatic carbocycles. The van der Waals surface area contributed by atoms with Crippen molar-refractivity contribution in [3.8, 4) is 17.2 Å². The third-order valence-electron chi connectivity index (χ3n) is 2.28. The standard InChI is InChI=1S/C13H6Cl2FN/c14-11-4-9(5-12(15)6-11)8-1-2-13(16)10(3-8)7-17/h1-6H.